The number of urea groups is 1. The molecule has 254 valence electrons. The van der Waals surface area contributed by atoms with E-state index in [0.717, 1.165) is 31.4 Å². The summed E-state index contributed by atoms with van der Waals surface area (Å²) in [5.41, 5.74) is 0. The number of amides is 3. The number of nitrogens with one attached hydrogen (secondary N) is 3. The van der Waals surface area contributed by atoms with Crippen LogP contribution in [-0.2, 0) is 37.5 Å². The lowest BCUT2D eigenvalue weighted by atomic mass is 10.0. The van der Waals surface area contributed by atoms with Crippen LogP contribution < -0.4 is 16.0 Å². The number of nitriles is 1. The molecule has 44 heavy (non-hydrogen) atoms. The Kier molecular flexibility index (Phi) is 22.0. The number of hydrogen-bond donors (Lipinski definition) is 3. The average Bonchev–Trinajstić information content (AvgIpc) is 3.55. The fourth-order valence-electron chi connectivity index (χ4n) is 4.47. The van der Waals surface area contributed by atoms with Crippen LogP contribution in [0.5, 0.6) is 0 Å². The summed E-state index contributed by atoms with van der Waals surface area (Å²) >= 11 is 1.91. The van der Waals surface area contributed by atoms with Crippen molar-refractivity contribution in [2.75, 3.05) is 99.6 Å². The van der Waals surface area contributed by atoms with E-state index < -0.39 is 8.53 Å². The van der Waals surface area contributed by atoms with Crippen molar-refractivity contribution in [3.05, 3.63) is 0 Å². The first-order chi connectivity index (χ1) is 21.4. The number of carbonyl (C=O) groups excluding carboxylic acids is 2. The Morgan fingerprint density at radius 3 is 2.41 bits per heavy atom. The van der Waals surface area contributed by atoms with Crippen molar-refractivity contribution < 1.29 is 42.3 Å². The zero-order chi connectivity index (χ0) is 31.8. The molecule has 0 aromatic carbocycles. The zero-order valence-corrected chi connectivity index (χ0v) is 28.2. The standard InChI is InChI=1S/C28H52N5O9PS/c1-33(2)43(41-13-6-10-29)42-23(20-36-3)21-40-19-18-39-17-16-38-15-14-37-12-7-11-30-26(34)9-5-4-8-25-27-24(22-44-25)31-28(35)32-27/h23-25,27H,4-9,11-22H2,1-3H3,(H,30,34)(H2,31,32,35). The van der Waals surface area contributed by atoms with E-state index >= 15 is 0 Å². The third-order valence-electron chi connectivity index (χ3n) is 6.62. The summed E-state index contributed by atoms with van der Waals surface area (Å²) in [6.07, 6.45) is 4.16. The molecule has 0 aromatic heterocycles. The summed E-state index contributed by atoms with van der Waals surface area (Å²) in [6.45, 7) is 4.92. The van der Waals surface area contributed by atoms with Crippen molar-refractivity contribution in [3.63, 3.8) is 0 Å². The summed E-state index contributed by atoms with van der Waals surface area (Å²) in [5, 5.41) is 18.0. The molecule has 0 aromatic rings. The van der Waals surface area contributed by atoms with Gasteiger partial charge in [-0.15, -0.1) is 0 Å². The van der Waals surface area contributed by atoms with Gasteiger partial charge in [0.05, 0.1) is 84.0 Å². The van der Waals surface area contributed by atoms with Gasteiger partial charge in [0.1, 0.15) is 6.10 Å². The van der Waals surface area contributed by atoms with E-state index in [0.29, 0.717) is 90.7 Å². The van der Waals surface area contributed by atoms with Crippen LogP contribution in [0.2, 0.25) is 0 Å². The largest absolute Gasteiger partial charge is 0.382 e. The topological polar surface area (TPSA) is 162 Å². The van der Waals surface area contributed by atoms with Crippen molar-refractivity contribution in [2.45, 2.75) is 62.0 Å². The number of hydrogen-bond acceptors (Lipinski definition) is 12. The maximum absolute atomic E-state index is 12.1. The van der Waals surface area contributed by atoms with Crippen LogP contribution in [0.3, 0.4) is 0 Å². The lowest BCUT2D eigenvalue weighted by Crippen LogP contribution is -2.36. The predicted octanol–water partition coefficient (Wildman–Crippen LogP) is 2.04. The molecular weight excluding hydrogens is 613 g/mol. The first kappa shape index (κ1) is 38.9. The number of methoxy groups -OCH3 is 1. The highest BCUT2D eigenvalue weighted by molar-refractivity contribution is 8.00. The minimum Gasteiger partial charge on any atom is -0.382 e. The zero-order valence-electron chi connectivity index (χ0n) is 26.5. The molecule has 3 N–H and O–H groups in total. The monoisotopic (exact) mass is 665 g/mol. The molecule has 0 aliphatic carbocycles. The predicted molar refractivity (Wildman–Crippen MR) is 168 cm³/mol. The second-order valence-electron chi connectivity index (χ2n) is 10.5. The van der Waals surface area contributed by atoms with Crippen molar-refractivity contribution in [2.24, 2.45) is 0 Å². The summed E-state index contributed by atoms with van der Waals surface area (Å²) in [7, 11) is 4.03. The average molecular weight is 666 g/mol. The fraction of sp³-hybridized carbons (Fsp3) is 0.893. The van der Waals surface area contributed by atoms with E-state index in [1.807, 2.05) is 30.5 Å². The molecule has 5 unspecified atom stereocenters. The number of unbranched alkanes of at least 4 members (excludes halogenated alkanes) is 1. The number of carbonyl (C=O) groups is 2. The molecule has 0 radical (unpaired) electrons. The third-order valence-corrected chi connectivity index (χ3v) is 9.67. The van der Waals surface area contributed by atoms with E-state index in [-0.39, 0.29) is 30.1 Å². The molecule has 14 nitrogen and oxygen atoms in total. The second-order valence-corrected chi connectivity index (χ2v) is 13.5. The molecule has 3 amide bonds. The van der Waals surface area contributed by atoms with Crippen molar-refractivity contribution >= 4 is 32.2 Å². The minimum absolute atomic E-state index is 0.0582. The molecule has 0 bridgehead atoms. The van der Waals surface area contributed by atoms with Crippen LogP contribution in [0.4, 0.5) is 4.79 Å². The quantitative estimate of drug-likeness (QED) is 0.0635. The maximum atomic E-state index is 12.1. The van der Waals surface area contributed by atoms with Crippen LogP contribution in [0.1, 0.15) is 38.5 Å². The van der Waals surface area contributed by atoms with Gasteiger partial charge in [-0.25, -0.2) is 9.46 Å². The van der Waals surface area contributed by atoms with E-state index in [4.69, 9.17) is 38.0 Å². The summed E-state index contributed by atoms with van der Waals surface area (Å²) in [4.78, 5) is 23.5. The molecule has 2 aliphatic rings. The van der Waals surface area contributed by atoms with Crippen LogP contribution in [0.15, 0.2) is 0 Å². The number of thioether (sulfide) groups is 1. The van der Waals surface area contributed by atoms with E-state index in [1.165, 1.54) is 0 Å². The van der Waals surface area contributed by atoms with E-state index in [2.05, 4.69) is 22.0 Å². The van der Waals surface area contributed by atoms with Crippen LogP contribution in [-0.4, -0.2) is 140 Å². The molecule has 5 atom stereocenters. The van der Waals surface area contributed by atoms with Crippen LogP contribution in [0, 0.1) is 11.3 Å². The van der Waals surface area contributed by atoms with Crippen molar-refractivity contribution in [3.8, 4) is 6.07 Å². The summed E-state index contributed by atoms with van der Waals surface area (Å²) < 4.78 is 41.0. The molecule has 2 rings (SSSR count). The van der Waals surface area contributed by atoms with Crippen LogP contribution >= 0.6 is 20.3 Å². The Balaban J connectivity index is 1.32. The highest BCUT2D eigenvalue weighted by atomic mass is 32.2. The Labute approximate surface area is 267 Å². The van der Waals surface area contributed by atoms with Crippen LogP contribution in [0.25, 0.3) is 0 Å². The molecule has 2 fully saturated rings. The first-order valence-corrected chi connectivity index (χ1v) is 17.5. The molecular formula is C28H52N5O9PS. The lowest BCUT2D eigenvalue weighted by Gasteiger charge is -2.27. The van der Waals surface area contributed by atoms with Gasteiger partial charge in [0.15, 0.2) is 0 Å². The summed E-state index contributed by atoms with van der Waals surface area (Å²) in [6, 6.07) is 2.47. The molecule has 2 aliphatic heterocycles. The van der Waals surface area contributed by atoms with Gasteiger partial charge in [-0.2, -0.15) is 17.0 Å². The van der Waals surface area contributed by atoms with Gasteiger partial charge in [0, 0.05) is 37.7 Å². The molecule has 0 spiro atoms. The van der Waals surface area contributed by atoms with E-state index in [1.54, 1.807) is 7.11 Å². The van der Waals surface area contributed by atoms with E-state index in [9.17, 15) is 9.59 Å². The summed E-state index contributed by atoms with van der Waals surface area (Å²) in [5.74, 6) is 1.04. The van der Waals surface area contributed by atoms with Crippen molar-refractivity contribution in [1.29, 1.82) is 5.26 Å². The van der Waals surface area contributed by atoms with Gasteiger partial charge in [-0.1, -0.05) is 6.42 Å². The number of rotatable bonds is 28. The Morgan fingerprint density at radius 1 is 1.02 bits per heavy atom. The molecule has 2 saturated heterocycles. The highest BCUT2D eigenvalue weighted by Gasteiger charge is 2.42. The molecule has 16 heteroatoms. The molecule has 0 saturated carbocycles. The fourth-order valence-corrected chi connectivity index (χ4v) is 7.12. The second kappa shape index (κ2) is 24.9. The van der Waals surface area contributed by atoms with Crippen molar-refractivity contribution in [1.82, 2.24) is 20.6 Å². The SMILES string of the molecule is COCC(COCCOCCOCCOCCCNC(=O)CCCCC1SCC2NC(=O)NC21)OP(OCCC#N)N(C)C. The number of ether oxygens (including phenoxy) is 5. The Hall–Kier alpha value is -1.31. The minimum atomic E-state index is -1.30. The maximum Gasteiger partial charge on any atom is 0.315 e. The number of fused-ring (bicyclic) bond motifs is 1. The highest BCUT2D eigenvalue weighted by Crippen LogP contribution is 2.41. The number of nitrogens with zero attached hydrogens (tertiary/aromatic N) is 2. The third kappa shape index (κ3) is 17.4. The van der Waals surface area contributed by atoms with Gasteiger partial charge in [0.25, 0.3) is 8.53 Å². The van der Waals surface area contributed by atoms with Gasteiger partial charge in [-0.3, -0.25) is 4.79 Å². The Bertz CT molecular complexity index is 829. The first-order valence-electron chi connectivity index (χ1n) is 15.3. The van der Waals surface area contributed by atoms with Gasteiger partial charge in [0.2, 0.25) is 5.91 Å². The van der Waals surface area contributed by atoms with Gasteiger partial charge < -0.3 is 48.7 Å². The van der Waals surface area contributed by atoms with Gasteiger partial charge >= 0.3 is 6.03 Å². The van der Waals surface area contributed by atoms with Gasteiger partial charge in [-0.05, 0) is 33.4 Å². The normalized spacial score (nSPS) is 20.6. The smallest absolute Gasteiger partial charge is 0.315 e. The molecule has 2 heterocycles. The lowest BCUT2D eigenvalue weighted by molar-refractivity contribution is -0.121. The Morgan fingerprint density at radius 2 is 1.73 bits per heavy atom.